The number of hydrogen-bond acceptors (Lipinski definition) is 4. The van der Waals surface area contributed by atoms with Crippen LogP contribution in [0.15, 0.2) is 24.3 Å². The number of nitrogens with zero attached hydrogens (tertiary/aromatic N) is 3. The molecule has 0 spiro atoms. The van der Waals surface area contributed by atoms with Crippen molar-refractivity contribution >= 4 is 28.6 Å². The molecule has 1 aromatic carbocycles. The van der Waals surface area contributed by atoms with Gasteiger partial charge in [0, 0.05) is 16.6 Å². The van der Waals surface area contributed by atoms with Crippen molar-refractivity contribution in [1.82, 2.24) is 14.8 Å². The fourth-order valence-corrected chi connectivity index (χ4v) is 3.33. The van der Waals surface area contributed by atoms with Gasteiger partial charge in [-0.05, 0) is 50.5 Å². The summed E-state index contributed by atoms with van der Waals surface area (Å²) in [6.45, 7) is 3.83. The van der Waals surface area contributed by atoms with Gasteiger partial charge in [-0.3, -0.25) is 0 Å². The Bertz CT molecular complexity index is 1010. The fourth-order valence-electron chi connectivity index (χ4n) is 3.16. The number of halogens is 1. The van der Waals surface area contributed by atoms with Crippen molar-refractivity contribution in [3.8, 4) is 5.69 Å². The van der Waals surface area contributed by atoms with E-state index in [9.17, 15) is 4.79 Å². The smallest absolute Gasteiger partial charge is 0.338 e. The summed E-state index contributed by atoms with van der Waals surface area (Å²) in [6, 6.07) is 7.55. The molecule has 0 saturated heterocycles. The number of aryl methyl sites for hydroxylation is 1. The van der Waals surface area contributed by atoms with Gasteiger partial charge in [-0.25, -0.2) is 14.5 Å². The zero-order valence-electron chi connectivity index (χ0n) is 14.3. The Morgan fingerprint density at radius 2 is 2.08 bits per heavy atom. The van der Waals surface area contributed by atoms with Crippen LogP contribution in [0.4, 0.5) is 0 Å². The number of rotatable bonds is 3. The van der Waals surface area contributed by atoms with Gasteiger partial charge < -0.3 is 4.74 Å². The molecule has 4 rings (SSSR count). The second-order valence-corrected chi connectivity index (χ2v) is 6.85. The number of aromatic nitrogens is 3. The van der Waals surface area contributed by atoms with Crippen LogP contribution >= 0.6 is 11.6 Å². The van der Waals surface area contributed by atoms with Gasteiger partial charge >= 0.3 is 5.97 Å². The molecule has 3 aromatic rings. The number of ether oxygens (including phenoxy) is 1. The summed E-state index contributed by atoms with van der Waals surface area (Å²) in [6.07, 6.45) is 2.20. The maximum atomic E-state index is 12.3. The first kappa shape index (κ1) is 16.1. The standard InChI is InChI=1S/C19H18ClN3O2/c1-10-14(20)5-4-6-16(10)23-18-17(11(2)22-23)13(19(24)25-3)9-15(21-18)12-7-8-12/h4-6,9,12H,7-8H2,1-3H3. The summed E-state index contributed by atoms with van der Waals surface area (Å²) in [7, 11) is 1.40. The topological polar surface area (TPSA) is 57.0 Å². The Balaban J connectivity index is 2.05. The SMILES string of the molecule is COC(=O)c1cc(C2CC2)nc2c1c(C)nn2-c1cccc(Cl)c1C. The molecule has 1 fully saturated rings. The minimum atomic E-state index is -0.361. The molecule has 0 N–H and O–H groups in total. The molecule has 1 saturated carbocycles. The molecule has 0 amide bonds. The highest BCUT2D eigenvalue weighted by atomic mass is 35.5. The molecule has 128 valence electrons. The van der Waals surface area contributed by atoms with Crippen molar-refractivity contribution in [3.63, 3.8) is 0 Å². The van der Waals surface area contributed by atoms with Crippen molar-refractivity contribution in [2.45, 2.75) is 32.6 Å². The molecule has 1 aliphatic rings. The van der Waals surface area contributed by atoms with Crippen LogP contribution in [-0.4, -0.2) is 27.8 Å². The van der Waals surface area contributed by atoms with Gasteiger partial charge in [0.1, 0.15) is 0 Å². The lowest BCUT2D eigenvalue weighted by atomic mass is 10.1. The molecular formula is C19H18ClN3O2. The molecule has 0 atom stereocenters. The number of carbonyl (C=O) groups is 1. The quantitative estimate of drug-likeness (QED) is 0.655. The van der Waals surface area contributed by atoms with Crippen LogP contribution in [-0.2, 0) is 4.74 Å². The van der Waals surface area contributed by atoms with E-state index in [2.05, 4.69) is 5.10 Å². The van der Waals surface area contributed by atoms with E-state index in [1.54, 1.807) is 4.68 Å². The van der Waals surface area contributed by atoms with Crippen molar-refractivity contribution < 1.29 is 9.53 Å². The highest BCUT2D eigenvalue weighted by Gasteiger charge is 2.29. The van der Waals surface area contributed by atoms with Gasteiger partial charge in [0.05, 0.1) is 29.4 Å². The molecule has 0 radical (unpaired) electrons. The van der Waals surface area contributed by atoms with Gasteiger partial charge in [-0.1, -0.05) is 17.7 Å². The van der Waals surface area contributed by atoms with Gasteiger partial charge in [-0.15, -0.1) is 0 Å². The first-order chi connectivity index (χ1) is 12.0. The molecule has 1 aliphatic carbocycles. The first-order valence-corrected chi connectivity index (χ1v) is 8.63. The minimum Gasteiger partial charge on any atom is -0.465 e. The number of carbonyl (C=O) groups excluding carboxylic acids is 1. The average Bonchev–Trinajstić information content (AvgIpc) is 3.41. The van der Waals surface area contributed by atoms with E-state index in [0.29, 0.717) is 22.2 Å². The highest BCUT2D eigenvalue weighted by molar-refractivity contribution is 6.31. The summed E-state index contributed by atoms with van der Waals surface area (Å²) >= 11 is 6.28. The maximum Gasteiger partial charge on any atom is 0.338 e. The highest BCUT2D eigenvalue weighted by Crippen LogP contribution is 2.41. The van der Waals surface area contributed by atoms with E-state index in [0.717, 1.165) is 40.9 Å². The minimum absolute atomic E-state index is 0.361. The van der Waals surface area contributed by atoms with Gasteiger partial charge in [-0.2, -0.15) is 5.10 Å². The van der Waals surface area contributed by atoms with Crippen LogP contribution in [0.25, 0.3) is 16.7 Å². The molecule has 5 nitrogen and oxygen atoms in total. The summed E-state index contributed by atoms with van der Waals surface area (Å²) in [5.41, 5.74) is 4.65. The predicted octanol–water partition coefficient (Wildman–Crippen LogP) is 4.35. The lowest BCUT2D eigenvalue weighted by molar-refractivity contribution is 0.0602. The van der Waals surface area contributed by atoms with Crippen molar-refractivity contribution in [2.24, 2.45) is 0 Å². The van der Waals surface area contributed by atoms with E-state index >= 15 is 0 Å². The molecule has 0 aliphatic heterocycles. The number of esters is 1. The third kappa shape index (κ3) is 2.59. The summed E-state index contributed by atoms with van der Waals surface area (Å²) in [4.78, 5) is 17.2. The Kier molecular flexibility index (Phi) is 3.76. The Labute approximate surface area is 150 Å². The molecule has 0 unspecified atom stereocenters. The second kappa shape index (κ2) is 5.85. The Morgan fingerprint density at radius 3 is 2.76 bits per heavy atom. The summed E-state index contributed by atoms with van der Waals surface area (Å²) < 4.78 is 6.77. The molecular weight excluding hydrogens is 338 g/mol. The number of benzene rings is 1. The van der Waals surface area contributed by atoms with E-state index < -0.39 is 0 Å². The maximum absolute atomic E-state index is 12.3. The van der Waals surface area contributed by atoms with Crippen LogP contribution in [0.3, 0.4) is 0 Å². The largest absolute Gasteiger partial charge is 0.465 e. The Hall–Kier alpha value is -2.40. The molecule has 2 heterocycles. The lowest BCUT2D eigenvalue weighted by Crippen LogP contribution is -2.06. The zero-order chi connectivity index (χ0) is 17.7. The van der Waals surface area contributed by atoms with E-state index in [1.807, 2.05) is 38.1 Å². The van der Waals surface area contributed by atoms with Gasteiger partial charge in [0.15, 0.2) is 5.65 Å². The van der Waals surface area contributed by atoms with Crippen molar-refractivity contribution in [2.75, 3.05) is 7.11 Å². The Morgan fingerprint density at radius 1 is 1.32 bits per heavy atom. The van der Waals surface area contributed by atoms with Crippen LogP contribution in [0.1, 0.15) is 46.1 Å². The van der Waals surface area contributed by atoms with E-state index in [-0.39, 0.29) is 5.97 Å². The average molecular weight is 356 g/mol. The van der Waals surface area contributed by atoms with Crippen LogP contribution in [0, 0.1) is 13.8 Å². The molecule has 2 aromatic heterocycles. The molecule has 6 heteroatoms. The number of hydrogen-bond donors (Lipinski definition) is 0. The summed E-state index contributed by atoms with van der Waals surface area (Å²) in [5.74, 6) is 0.0525. The second-order valence-electron chi connectivity index (χ2n) is 6.44. The predicted molar refractivity (Wildman–Crippen MR) is 96.7 cm³/mol. The number of pyridine rings is 1. The van der Waals surface area contributed by atoms with Gasteiger partial charge in [0.25, 0.3) is 0 Å². The number of methoxy groups -OCH3 is 1. The number of fused-ring (bicyclic) bond motifs is 1. The normalized spacial score (nSPS) is 14.1. The lowest BCUT2D eigenvalue weighted by Gasteiger charge is -2.10. The molecule has 25 heavy (non-hydrogen) atoms. The summed E-state index contributed by atoms with van der Waals surface area (Å²) in [5, 5.41) is 6.05. The van der Waals surface area contributed by atoms with Crippen LogP contribution in [0.2, 0.25) is 5.02 Å². The van der Waals surface area contributed by atoms with E-state index in [1.165, 1.54) is 7.11 Å². The third-order valence-corrected chi connectivity index (χ3v) is 5.11. The molecule has 0 bridgehead atoms. The monoisotopic (exact) mass is 355 g/mol. The van der Waals surface area contributed by atoms with Crippen LogP contribution < -0.4 is 0 Å². The van der Waals surface area contributed by atoms with E-state index in [4.69, 9.17) is 21.3 Å². The zero-order valence-corrected chi connectivity index (χ0v) is 15.1. The van der Waals surface area contributed by atoms with Gasteiger partial charge in [0.2, 0.25) is 0 Å². The van der Waals surface area contributed by atoms with Crippen molar-refractivity contribution in [1.29, 1.82) is 0 Å². The van der Waals surface area contributed by atoms with Crippen LogP contribution in [0.5, 0.6) is 0 Å². The van der Waals surface area contributed by atoms with Crippen molar-refractivity contribution in [3.05, 3.63) is 51.8 Å². The fraction of sp³-hybridized carbons (Fsp3) is 0.316. The third-order valence-electron chi connectivity index (χ3n) is 4.70. The first-order valence-electron chi connectivity index (χ1n) is 8.25.